The van der Waals surface area contributed by atoms with Crippen LogP contribution in [0.1, 0.15) is 18.9 Å². The Morgan fingerprint density at radius 2 is 1.90 bits per heavy atom. The summed E-state index contributed by atoms with van der Waals surface area (Å²) < 4.78 is 62.6. The molecule has 4 nitrogen and oxygen atoms in total. The molecular formula is C13H18F3NO3S. The monoisotopic (exact) mass is 325 g/mol. The molecule has 0 fully saturated rings. The third-order valence-corrected chi connectivity index (χ3v) is 4.60. The molecule has 0 heterocycles. The maximum absolute atomic E-state index is 12.8. The van der Waals surface area contributed by atoms with Crippen molar-refractivity contribution in [2.75, 3.05) is 18.8 Å². The minimum absolute atomic E-state index is 0.0151. The fourth-order valence-electron chi connectivity index (χ4n) is 1.82. The van der Waals surface area contributed by atoms with Crippen LogP contribution in [0.25, 0.3) is 0 Å². The molecule has 0 aromatic heterocycles. The summed E-state index contributed by atoms with van der Waals surface area (Å²) in [6.45, 7) is 2.51. The Bertz CT molecular complexity index is 558. The van der Waals surface area contributed by atoms with Crippen molar-refractivity contribution in [3.63, 3.8) is 0 Å². The zero-order valence-electron chi connectivity index (χ0n) is 11.5. The number of aliphatic hydroxyl groups excluding tert-OH is 1. The quantitative estimate of drug-likeness (QED) is 0.751. The number of aliphatic hydroxyl groups is 1. The fraction of sp³-hybridized carbons (Fsp3) is 0.538. The van der Waals surface area contributed by atoms with Gasteiger partial charge in [0.2, 0.25) is 0 Å². The number of hydrogen-bond donors (Lipinski definition) is 2. The van der Waals surface area contributed by atoms with Crippen molar-refractivity contribution in [2.45, 2.75) is 30.5 Å². The van der Waals surface area contributed by atoms with Crippen molar-refractivity contribution in [3.8, 4) is 0 Å². The summed E-state index contributed by atoms with van der Waals surface area (Å²) in [5, 5.41) is 12.5. The molecule has 1 unspecified atom stereocenters. The average Bonchev–Trinajstić information content (AvgIpc) is 2.37. The van der Waals surface area contributed by atoms with Crippen LogP contribution < -0.4 is 5.32 Å². The van der Waals surface area contributed by atoms with Gasteiger partial charge >= 0.3 is 6.18 Å². The van der Waals surface area contributed by atoms with Crippen molar-refractivity contribution in [1.82, 2.24) is 5.32 Å². The van der Waals surface area contributed by atoms with Crippen LogP contribution >= 0.6 is 0 Å². The van der Waals surface area contributed by atoms with Crippen molar-refractivity contribution < 1.29 is 26.7 Å². The standard InChI is InChI=1S/C13H18F3NO3S/c1-2-7-17-8-10(18)9-21(19,20)12-6-4-3-5-11(12)13(14,15)16/h3-6,10,17-18H,2,7-9H2,1H3. The van der Waals surface area contributed by atoms with E-state index < -0.39 is 38.3 Å². The van der Waals surface area contributed by atoms with Gasteiger partial charge in [0.1, 0.15) is 0 Å². The van der Waals surface area contributed by atoms with E-state index in [1.807, 2.05) is 6.92 Å². The van der Waals surface area contributed by atoms with Gasteiger partial charge in [-0.05, 0) is 25.1 Å². The molecule has 8 heteroatoms. The lowest BCUT2D eigenvalue weighted by Gasteiger charge is -2.15. The van der Waals surface area contributed by atoms with E-state index >= 15 is 0 Å². The van der Waals surface area contributed by atoms with Crippen LogP contribution in [0.4, 0.5) is 13.2 Å². The van der Waals surface area contributed by atoms with Gasteiger partial charge < -0.3 is 10.4 Å². The smallest absolute Gasteiger partial charge is 0.391 e. The molecule has 21 heavy (non-hydrogen) atoms. The molecule has 0 aliphatic rings. The second-order valence-corrected chi connectivity index (χ2v) is 6.64. The summed E-state index contributed by atoms with van der Waals surface area (Å²) >= 11 is 0. The third-order valence-electron chi connectivity index (χ3n) is 2.75. The molecule has 0 radical (unpaired) electrons. The lowest BCUT2D eigenvalue weighted by Crippen LogP contribution is -2.33. The Hall–Kier alpha value is -1.12. The number of benzene rings is 1. The summed E-state index contributed by atoms with van der Waals surface area (Å²) in [6, 6.07) is 3.98. The van der Waals surface area contributed by atoms with Crippen molar-refractivity contribution in [3.05, 3.63) is 29.8 Å². The Morgan fingerprint density at radius 1 is 1.29 bits per heavy atom. The van der Waals surface area contributed by atoms with Crippen LogP contribution in [0.15, 0.2) is 29.2 Å². The van der Waals surface area contributed by atoms with Gasteiger partial charge in [0.15, 0.2) is 9.84 Å². The largest absolute Gasteiger partial charge is 0.417 e. The van der Waals surface area contributed by atoms with Crippen molar-refractivity contribution in [1.29, 1.82) is 0 Å². The normalized spacial score (nSPS) is 14.1. The van der Waals surface area contributed by atoms with Crippen LogP contribution in [0.3, 0.4) is 0 Å². The number of halogens is 3. The number of sulfone groups is 1. The van der Waals surface area contributed by atoms with Gasteiger partial charge in [-0.2, -0.15) is 13.2 Å². The molecule has 0 spiro atoms. The molecule has 1 rings (SSSR count). The number of nitrogens with one attached hydrogen (secondary N) is 1. The van der Waals surface area contributed by atoms with Gasteiger partial charge in [-0.3, -0.25) is 0 Å². The Morgan fingerprint density at radius 3 is 2.48 bits per heavy atom. The van der Waals surface area contributed by atoms with Gasteiger partial charge in [-0.15, -0.1) is 0 Å². The molecule has 0 saturated carbocycles. The summed E-state index contributed by atoms with van der Waals surface area (Å²) in [5.41, 5.74) is -1.21. The van der Waals surface area contributed by atoms with Crippen molar-refractivity contribution in [2.24, 2.45) is 0 Å². The minimum atomic E-state index is -4.75. The molecule has 0 amide bonds. The summed E-state index contributed by atoms with van der Waals surface area (Å²) in [7, 11) is -4.22. The highest BCUT2D eigenvalue weighted by molar-refractivity contribution is 7.91. The predicted octanol–water partition coefficient (Wildman–Crippen LogP) is 1.84. The van der Waals surface area contributed by atoms with Gasteiger partial charge in [-0.25, -0.2) is 8.42 Å². The molecule has 120 valence electrons. The Kier molecular flexibility index (Phi) is 6.18. The minimum Gasteiger partial charge on any atom is -0.391 e. The van der Waals surface area contributed by atoms with E-state index in [4.69, 9.17) is 0 Å². The number of hydrogen-bond acceptors (Lipinski definition) is 4. The first kappa shape index (κ1) is 17.9. The SMILES string of the molecule is CCCNCC(O)CS(=O)(=O)c1ccccc1C(F)(F)F. The molecule has 1 aromatic rings. The molecule has 0 aliphatic carbocycles. The summed E-state index contributed by atoms with van der Waals surface area (Å²) in [6.07, 6.45) is -5.21. The second-order valence-electron chi connectivity index (χ2n) is 4.63. The van der Waals surface area contributed by atoms with Gasteiger partial charge in [0, 0.05) is 6.54 Å². The summed E-state index contributed by atoms with van der Waals surface area (Å²) in [5.74, 6) is -0.753. The van der Waals surface area contributed by atoms with Gasteiger partial charge in [0.25, 0.3) is 0 Å². The predicted molar refractivity (Wildman–Crippen MR) is 72.7 cm³/mol. The lowest BCUT2D eigenvalue weighted by atomic mass is 10.2. The van der Waals surface area contributed by atoms with E-state index in [-0.39, 0.29) is 6.54 Å². The molecule has 1 atom stereocenters. The van der Waals surface area contributed by atoms with Gasteiger partial charge in [-0.1, -0.05) is 19.1 Å². The molecule has 0 saturated heterocycles. The first-order chi connectivity index (χ1) is 9.68. The van der Waals surface area contributed by atoms with E-state index in [0.717, 1.165) is 18.6 Å². The highest BCUT2D eigenvalue weighted by Gasteiger charge is 2.37. The molecule has 2 N–H and O–H groups in total. The highest BCUT2D eigenvalue weighted by Crippen LogP contribution is 2.34. The maximum Gasteiger partial charge on any atom is 0.417 e. The molecule has 0 bridgehead atoms. The molecule has 0 aliphatic heterocycles. The third kappa shape index (κ3) is 5.29. The number of alkyl halides is 3. The van der Waals surface area contributed by atoms with Crippen LogP contribution in [-0.4, -0.2) is 38.5 Å². The van der Waals surface area contributed by atoms with E-state index in [2.05, 4.69) is 5.32 Å². The lowest BCUT2D eigenvalue weighted by molar-refractivity contribution is -0.139. The van der Waals surface area contributed by atoms with E-state index in [9.17, 15) is 26.7 Å². The van der Waals surface area contributed by atoms with E-state index in [1.54, 1.807) is 0 Å². The zero-order valence-corrected chi connectivity index (χ0v) is 12.3. The van der Waals surface area contributed by atoms with Crippen LogP contribution in [0, 0.1) is 0 Å². The van der Waals surface area contributed by atoms with Crippen LogP contribution in [0.5, 0.6) is 0 Å². The number of rotatable bonds is 7. The fourth-order valence-corrected chi connectivity index (χ4v) is 3.43. The Balaban J connectivity index is 2.94. The Labute approximate surface area is 121 Å². The maximum atomic E-state index is 12.8. The second kappa shape index (κ2) is 7.24. The average molecular weight is 325 g/mol. The topological polar surface area (TPSA) is 66.4 Å². The first-order valence-corrected chi connectivity index (χ1v) is 8.11. The molecule has 1 aromatic carbocycles. The molecular weight excluding hydrogens is 307 g/mol. The highest BCUT2D eigenvalue weighted by atomic mass is 32.2. The van der Waals surface area contributed by atoms with Gasteiger partial charge in [0.05, 0.1) is 22.3 Å². The summed E-state index contributed by atoms with van der Waals surface area (Å²) in [4.78, 5) is -0.799. The van der Waals surface area contributed by atoms with Crippen LogP contribution in [0.2, 0.25) is 0 Å². The first-order valence-electron chi connectivity index (χ1n) is 6.46. The van der Waals surface area contributed by atoms with Crippen LogP contribution in [-0.2, 0) is 16.0 Å². The zero-order chi connectivity index (χ0) is 16.1. The van der Waals surface area contributed by atoms with E-state index in [0.29, 0.717) is 12.6 Å². The van der Waals surface area contributed by atoms with Crippen molar-refractivity contribution >= 4 is 9.84 Å². The van der Waals surface area contributed by atoms with E-state index in [1.165, 1.54) is 6.07 Å².